The van der Waals surface area contributed by atoms with Crippen molar-refractivity contribution in [3.8, 4) is 5.75 Å². The first kappa shape index (κ1) is 16.6. The molecule has 1 heterocycles. The van der Waals surface area contributed by atoms with E-state index in [0.717, 1.165) is 11.3 Å². The normalized spacial score (nSPS) is 28.1. The van der Waals surface area contributed by atoms with Crippen LogP contribution in [-0.4, -0.2) is 19.2 Å². The van der Waals surface area contributed by atoms with Crippen LogP contribution in [0.25, 0.3) is 0 Å². The van der Waals surface area contributed by atoms with Crippen molar-refractivity contribution in [1.29, 1.82) is 0 Å². The predicted octanol–water partition coefficient (Wildman–Crippen LogP) is 3.81. The highest BCUT2D eigenvalue weighted by Crippen LogP contribution is 2.40. The molecule has 1 saturated carbocycles. The average Bonchev–Trinajstić information content (AvgIpc) is 3.04. The Balaban J connectivity index is 1.55. The molecule has 4 atom stereocenters. The van der Waals surface area contributed by atoms with Gasteiger partial charge >= 0.3 is 0 Å². The summed E-state index contributed by atoms with van der Waals surface area (Å²) in [5.74, 6) is 1.18. The molecule has 2 fully saturated rings. The van der Waals surface area contributed by atoms with Crippen molar-refractivity contribution in [2.45, 2.75) is 43.9 Å². The Morgan fingerprint density at radius 1 is 1.16 bits per heavy atom. The van der Waals surface area contributed by atoms with Crippen LogP contribution in [0.15, 0.2) is 48.5 Å². The maximum Gasteiger partial charge on any atom is 0.123 e. The first-order valence-corrected chi connectivity index (χ1v) is 9.11. The lowest BCUT2D eigenvalue weighted by Gasteiger charge is -2.39. The van der Waals surface area contributed by atoms with Gasteiger partial charge < -0.3 is 15.4 Å². The molecule has 25 heavy (non-hydrogen) atoms. The zero-order valence-corrected chi connectivity index (χ0v) is 14.5. The molecule has 0 aromatic heterocycles. The van der Waals surface area contributed by atoms with Crippen molar-refractivity contribution in [3.05, 3.63) is 65.5 Å². The quantitative estimate of drug-likeness (QED) is 0.868. The molecule has 4 unspecified atom stereocenters. The Kier molecular flexibility index (Phi) is 4.73. The van der Waals surface area contributed by atoms with Gasteiger partial charge in [0.25, 0.3) is 0 Å². The second-order valence-electron chi connectivity index (χ2n) is 7.19. The van der Waals surface area contributed by atoms with Crippen molar-refractivity contribution >= 4 is 0 Å². The number of halogens is 1. The summed E-state index contributed by atoms with van der Waals surface area (Å²) >= 11 is 0. The molecule has 132 valence electrons. The van der Waals surface area contributed by atoms with Crippen LogP contribution in [0.5, 0.6) is 5.75 Å². The van der Waals surface area contributed by atoms with Crippen LogP contribution in [-0.2, 0) is 6.54 Å². The molecule has 0 spiro atoms. The molecule has 3 nitrogen and oxygen atoms in total. The maximum absolute atomic E-state index is 13.6. The molecule has 0 amide bonds. The van der Waals surface area contributed by atoms with Gasteiger partial charge in [0.2, 0.25) is 0 Å². The van der Waals surface area contributed by atoms with E-state index < -0.39 is 0 Å². The zero-order valence-electron chi connectivity index (χ0n) is 14.5. The van der Waals surface area contributed by atoms with Crippen molar-refractivity contribution < 1.29 is 9.13 Å². The highest BCUT2D eigenvalue weighted by Gasteiger charge is 2.41. The van der Waals surface area contributed by atoms with Gasteiger partial charge in [0.15, 0.2) is 0 Å². The molecular formula is C21H25FN2O. The topological polar surface area (TPSA) is 33.3 Å². The van der Waals surface area contributed by atoms with Gasteiger partial charge in [-0.1, -0.05) is 30.3 Å². The van der Waals surface area contributed by atoms with Gasteiger partial charge in [-0.05, 0) is 48.9 Å². The fourth-order valence-corrected chi connectivity index (χ4v) is 4.49. The molecule has 2 N–H and O–H groups in total. The number of fused-ring (bicyclic) bond motifs is 2. The van der Waals surface area contributed by atoms with Crippen molar-refractivity contribution in [1.82, 2.24) is 10.6 Å². The molecule has 1 aliphatic carbocycles. The zero-order chi connectivity index (χ0) is 17.2. The van der Waals surface area contributed by atoms with Crippen LogP contribution in [0.1, 0.15) is 36.4 Å². The third-order valence-electron chi connectivity index (χ3n) is 5.68. The Morgan fingerprint density at radius 3 is 2.80 bits per heavy atom. The number of nitrogens with one attached hydrogen (secondary N) is 2. The van der Waals surface area contributed by atoms with Crippen LogP contribution in [0.3, 0.4) is 0 Å². The summed E-state index contributed by atoms with van der Waals surface area (Å²) in [6.07, 6.45) is 3.72. The molecule has 1 saturated heterocycles. The van der Waals surface area contributed by atoms with E-state index in [4.69, 9.17) is 4.74 Å². The second-order valence-corrected chi connectivity index (χ2v) is 7.19. The van der Waals surface area contributed by atoms with Gasteiger partial charge in [0.1, 0.15) is 11.6 Å². The Morgan fingerprint density at radius 2 is 2.00 bits per heavy atom. The summed E-state index contributed by atoms with van der Waals surface area (Å²) in [5.41, 5.74) is 2.19. The van der Waals surface area contributed by atoms with Crippen LogP contribution < -0.4 is 15.4 Å². The largest absolute Gasteiger partial charge is 0.496 e. The summed E-state index contributed by atoms with van der Waals surface area (Å²) in [6, 6.07) is 16.6. The molecule has 2 aromatic rings. The fourth-order valence-electron chi connectivity index (χ4n) is 4.49. The highest BCUT2D eigenvalue weighted by atomic mass is 19.1. The van der Waals surface area contributed by atoms with Gasteiger partial charge in [0.05, 0.1) is 7.11 Å². The number of benzene rings is 2. The number of hydrogen-bond donors (Lipinski definition) is 2. The lowest BCUT2D eigenvalue weighted by Crippen LogP contribution is -2.51. The third kappa shape index (κ3) is 3.42. The van der Waals surface area contributed by atoms with Crippen LogP contribution >= 0.6 is 0 Å². The van der Waals surface area contributed by atoms with E-state index in [-0.39, 0.29) is 5.82 Å². The minimum atomic E-state index is -0.222. The Bertz CT molecular complexity index is 721. The summed E-state index contributed by atoms with van der Waals surface area (Å²) in [6.45, 7) is 0.609. The van der Waals surface area contributed by atoms with E-state index >= 15 is 0 Å². The van der Waals surface area contributed by atoms with E-state index in [2.05, 4.69) is 41.0 Å². The molecule has 2 aromatic carbocycles. The third-order valence-corrected chi connectivity index (χ3v) is 5.68. The monoisotopic (exact) mass is 340 g/mol. The van der Waals surface area contributed by atoms with Crippen LogP contribution in [0, 0.1) is 11.7 Å². The smallest absolute Gasteiger partial charge is 0.123 e. The number of rotatable bonds is 5. The van der Waals surface area contributed by atoms with E-state index in [1.165, 1.54) is 30.9 Å². The van der Waals surface area contributed by atoms with E-state index in [0.29, 0.717) is 30.6 Å². The highest BCUT2D eigenvalue weighted by molar-refractivity contribution is 5.34. The van der Waals surface area contributed by atoms with Crippen LogP contribution in [0.2, 0.25) is 0 Å². The molecule has 0 radical (unpaired) electrons. The molecule has 4 heteroatoms. The molecule has 4 rings (SSSR count). The van der Waals surface area contributed by atoms with Crippen LogP contribution in [0.4, 0.5) is 4.39 Å². The number of hydrogen-bond acceptors (Lipinski definition) is 3. The summed E-state index contributed by atoms with van der Waals surface area (Å²) in [5, 5.41) is 7.53. The first-order valence-electron chi connectivity index (χ1n) is 9.11. The van der Waals surface area contributed by atoms with Crippen molar-refractivity contribution in [3.63, 3.8) is 0 Å². The van der Waals surface area contributed by atoms with Gasteiger partial charge in [-0.25, -0.2) is 4.39 Å². The van der Waals surface area contributed by atoms with Crippen molar-refractivity contribution in [2.75, 3.05) is 7.11 Å². The van der Waals surface area contributed by atoms with E-state index in [9.17, 15) is 4.39 Å². The molecule has 2 aliphatic rings. The van der Waals surface area contributed by atoms with Gasteiger partial charge in [-0.15, -0.1) is 0 Å². The summed E-state index contributed by atoms with van der Waals surface area (Å²) < 4.78 is 19.0. The lowest BCUT2D eigenvalue weighted by molar-refractivity contribution is 0.224. The number of ether oxygens (including phenoxy) is 1. The maximum atomic E-state index is 13.6. The predicted molar refractivity (Wildman–Crippen MR) is 97.0 cm³/mol. The fraction of sp³-hybridized carbons (Fsp3) is 0.429. The number of methoxy groups -OCH3 is 1. The van der Waals surface area contributed by atoms with E-state index in [1.807, 2.05) is 0 Å². The van der Waals surface area contributed by atoms with Gasteiger partial charge in [0, 0.05) is 30.2 Å². The lowest BCUT2D eigenvalue weighted by atomic mass is 9.84. The second kappa shape index (κ2) is 7.14. The number of piperidine rings is 1. The summed E-state index contributed by atoms with van der Waals surface area (Å²) in [4.78, 5) is 0. The summed E-state index contributed by atoms with van der Waals surface area (Å²) in [7, 11) is 1.63. The van der Waals surface area contributed by atoms with E-state index in [1.54, 1.807) is 19.2 Å². The van der Waals surface area contributed by atoms with Gasteiger partial charge in [-0.2, -0.15) is 0 Å². The standard InChI is InChI=1S/C21H25FN2O/c1-25-19-10-8-17(22)11-16(19)13-23-20-15-7-9-18(12-15)24-21(20)14-5-3-2-4-6-14/h2-6,8,10-11,15,18,20-21,23-24H,7,9,12-13H2,1H3. The first-order chi connectivity index (χ1) is 12.2. The molecular weight excluding hydrogens is 315 g/mol. The average molecular weight is 340 g/mol. The SMILES string of the molecule is COc1ccc(F)cc1CNC1C2CCC(C2)NC1c1ccccc1. The Hall–Kier alpha value is -1.91. The minimum absolute atomic E-state index is 0.222. The molecule has 1 aliphatic heterocycles. The molecule has 2 bridgehead atoms. The Labute approximate surface area is 148 Å². The van der Waals surface area contributed by atoms with Gasteiger partial charge in [-0.3, -0.25) is 0 Å². The van der Waals surface area contributed by atoms with Crippen molar-refractivity contribution in [2.24, 2.45) is 5.92 Å². The minimum Gasteiger partial charge on any atom is -0.496 e.